The van der Waals surface area contributed by atoms with Crippen molar-refractivity contribution in [2.75, 3.05) is 12.4 Å². The van der Waals surface area contributed by atoms with Crippen LogP contribution in [0.5, 0.6) is 0 Å². The molecule has 162 valence electrons. The number of nitrogens with zero attached hydrogens (tertiary/aromatic N) is 2. The summed E-state index contributed by atoms with van der Waals surface area (Å²) in [6, 6.07) is 12.9. The number of H-pyrrole nitrogens is 1. The second-order valence-electron chi connectivity index (χ2n) is 7.84. The van der Waals surface area contributed by atoms with Crippen molar-refractivity contribution >= 4 is 28.5 Å². The van der Waals surface area contributed by atoms with Crippen LogP contribution in [0.4, 0.5) is 5.82 Å². The number of anilines is 1. The fourth-order valence-corrected chi connectivity index (χ4v) is 4.44. The predicted molar refractivity (Wildman–Crippen MR) is 127 cm³/mol. The Morgan fingerprint density at radius 1 is 1.22 bits per heavy atom. The molecular formula is C26H26N4O2. The molecule has 0 aliphatic carbocycles. The highest BCUT2D eigenvalue weighted by Gasteiger charge is 2.45. The van der Waals surface area contributed by atoms with Crippen LogP contribution in [0.2, 0.25) is 0 Å². The largest absolute Gasteiger partial charge is 0.361 e. The van der Waals surface area contributed by atoms with Crippen molar-refractivity contribution < 1.29 is 9.59 Å². The molecule has 32 heavy (non-hydrogen) atoms. The quantitative estimate of drug-likeness (QED) is 0.594. The maximum Gasteiger partial charge on any atom is 0.254 e. The van der Waals surface area contributed by atoms with E-state index in [0.717, 1.165) is 22.2 Å². The maximum absolute atomic E-state index is 13.7. The van der Waals surface area contributed by atoms with E-state index in [0.29, 0.717) is 17.0 Å². The third kappa shape index (κ3) is 3.64. The average Bonchev–Trinajstić information content (AvgIpc) is 3.20. The number of aromatic nitrogens is 2. The Morgan fingerprint density at radius 3 is 2.72 bits per heavy atom. The van der Waals surface area contributed by atoms with E-state index in [2.05, 4.69) is 21.9 Å². The SMILES string of the molecule is C=C/C=C1\C(=C/C)C(=O)N(C)C(c2c[nH]c3ccccc23)C1C(=O)Nc1cccc(C)n1. The van der Waals surface area contributed by atoms with Crippen molar-refractivity contribution in [1.82, 2.24) is 14.9 Å². The molecule has 3 aromatic rings. The standard InChI is InChI=1S/C26H26N4O2/c1-5-10-19-17(6-2)26(32)30(4)24(20-15-27-21-13-8-7-12-18(20)21)23(19)25(31)29-22-14-9-11-16(3)28-22/h5-15,23-24,27H,1H2,2-4H3,(H,28,29,31)/b17-6+,19-10+. The molecule has 3 heterocycles. The number of hydrogen-bond donors (Lipinski definition) is 2. The van der Waals surface area contributed by atoms with Crippen molar-refractivity contribution in [3.8, 4) is 0 Å². The summed E-state index contributed by atoms with van der Waals surface area (Å²) in [5.74, 6) is -0.533. The van der Waals surface area contributed by atoms with Crippen molar-refractivity contribution in [1.29, 1.82) is 0 Å². The number of hydrogen-bond acceptors (Lipinski definition) is 3. The van der Waals surface area contributed by atoms with Crippen molar-refractivity contribution in [2.24, 2.45) is 5.92 Å². The molecule has 6 heteroatoms. The molecular weight excluding hydrogens is 400 g/mol. The summed E-state index contributed by atoms with van der Waals surface area (Å²) in [4.78, 5) is 36.3. The molecule has 1 aromatic carbocycles. The number of likely N-dealkylation sites (tertiary alicyclic amines) is 1. The summed E-state index contributed by atoms with van der Waals surface area (Å²) in [5.41, 5.74) is 3.79. The maximum atomic E-state index is 13.7. The van der Waals surface area contributed by atoms with E-state index >= 15 is 0 Å². The highest BCUT2D eigenvalue weighted by atomic mass is 16.2. The molecule has 1 aliphatic rings. The van der Waals surface area contributed by atoms with Crippen LogP contribution in [0.3, 0.4) is 0 Å². The number of benzene rings is 1. The lowest BCUT2D eigenvalue weighted by Crippen LogP contribution is -2.47. The summed E-state index contributed by atoms with van der Waals surface area (Å²) in [7, 11) is 1.74. The van der Waals surface area contributed by atoms with Gasteiger partial charge >= 0.3 is 0 Å². The molecule has 1 aliphatic heterocycles. The van der Waals surface area contributed by atoms with Crippen LogP contribution >= 0.6 is 0 Å². The molecule has 2 amide bonds. The van der Waals surface area contributed by atoms with Crippen LogP contribution in [-0.4, -0.2) is 33.7 Å². The van der Waals surface area contributed by atoms with E-state index in [1.807, 2.05) is 49.5 Å². The first-order chi connectivity index (χ1) is 15.5. The zero-order valence-electron chi connectivity index (χ0n) is 18.4. The second-order valence-corrected chi connectivity index (χ2v) is 7.84. The number of aryl methyl sites for hydroxylation is 1. The smallest absolute Gasteiger partial charge is 0.254 e. The minimum Gasteiger partial charge on any atom is -0.361 e. The first-order valence-corrected chi connectivity index (χ1v) is 10.5. The fraction of sp³-hybridized carbons (Fsp3) is 0.192. The van der Waals surface area contributed by atoms with Crippen LogP contribution in [0.1, 0.15) is 24.2 Å². The molecule has 1 fully saturated rings. The summed E-state index contributed by atoms with van der Waals surface area (Å²) in [5, 5.41) is 3.94. The highest BCUT2D eigenvalue weighted by Crippen LogP contribution is 2.44. The Bertz CT molecular complexity index is 1270. The topological polar surface area (TPSA) is 78.1 Å². The van der Waals surface area contributed by atoms with Gasteiger partial charge in [-0.1, -0.05) is 49.1 Å². The monoisotopic (exact) mass is 426 g/mol. The van der Waals surface area contributed by atoms with Gasteiger partial charge in [-0.05, 0) is 37.6 Å². The van der Waals surface area contributed by atoms with E-state index in [1.165, 1.54) is 0 Å². The molecule has 4 rings (SSSR count). The van der Waals surface area contributed by atoms with Crippen LogP contribution in [0, 0.1) is 12.8 Å². The summed E-state index contributed by atoms with van der Waals surface area (Å²) in [6.07, 6.45) is 7.02. The fourth-order valence-electron chi connectivity index (χ4n) is 4.44. The van der Waals surface area contributed by atoms with Gasteiger partial charge in [-0.2, -0.15) is 0 Å². The van der Waals surface area contributed by atoms with E-state index in [-0.39, 0.29) is 11.8 Å². The molecule has 6 nitrogen and oxygen atoms in total. The van der Waals surface area contributed by atoms with Crippen molar-refractivity contribution in [2.45, 2.75) is 19.9 Å². The number of para-hydroxylation sites is 1. The van der Waals surface area contributed by atoms with E-state index < -0.39 is 12.0 Å². The van der Waals surface area contributed by atoms with Gasteiger partial charge in [-0.25, -0.2) is 4.98 Å². The number of rotatable bonds is 4. The minimum absolute atomic E-state index is 0.131. The summed E-state index contributed by atoms with van der Waals surface area (Å²) in [6.45, 7) is 7.50. The highest BCUT2D eigenvalue weighted by molar-refractivity contribution is 6.06. The molecule has 2 unspecified atom stereocenters. The van der Waals surface area contributed by atoms with Gasteiger partial charge in [0.1, 0.15) is 5.82 Å². The molecule has 2 aromatic heterocycles. The number of piperidine rings is 1. The van der Waals surface area contributed by atoms with Crippen molar-refractivity contribution in [3.05, 3.63) is 95.9 Å². The van der Waals surface area contributed by atoms with Crippen molar-refractivity contribution in [3.63, 3.8) is 0 Å². The third-order valence-corrected chi connectivity index (χ3v) is 5.88. The number of nitrogens with one attached hydrogen (secondary N) is 2. The molecule has 0 spiro atoms. The number of pyridine rings is 1. The lowest BCUT2D eigenvalue weighted by Gasteiger charge is -2.41. The van der Waals surface area contributed by atoms with E-state index in [1.54, 1.807) is 43.2 Å². The number of carbonyl (C=O) groups is 2. The van der Waals surface area contributed by atoms with Gasteiger partial charge in [0, 0.05) is 41.0 Å². The molecule has 0 saturated carbocycles. The van der Waals surface area contributed by atoms with Gasteiger partial charge < -0.3 is 15.2 Å². The minimum atomic E-state index is -0.650. The Balaban J connectivity index is 1.88. The molecule has 2 atom stereocenters. The van der Waals surface area contributed by atoms with Gasteiger partial charge in [0.25, 0.3) is 5.91 Å². The zero-order chi connectivity index (χ0) is 22.8. The Morgan fingerprint density at radius 2 is 2.00 bits per heavy atom. The Hall–Kier alpha value is -3.93. The van der Waals surface area contributed by atoms with Crippen LogP contribution in [0.15, 0.2) is 84.6 Å². The number of fused-ring (bicyclic) bond motifs is 1. The van der Waals surface area contributed by atoms with Gasteiger partial charge in [0.05, 0.1) is 12.0 Å². The molecule has 0 radical (unpaired) electrons. The van der Waals surface area contributed by atoms with Gasteiger partial charge in [-0.15, -0.1) is 0 Å². The number of carbonyl (C=O) groups excluding carboxylic acids is 2. The van der Waals surface area contributed by atoms with Crippen LogP contribution in [-0.2, 0) is 9.59 Å². The van der Waals surface area contributed by atoms with Gasteiger partial charge in [-0.3, -0.25) is 9.59 Å². The normalized spacial score (nSPS) is 21.3. The Kier molecular flexibility index (Phi) is 5.77. The van der Waals surface area contributed by atoms with Crippen LogP contribution < -0.4 is 5.32 Å². The third-order valence-electron chi connectivity index (χ3n) is 5.88. The predicted octanol–water partition coefficient (Wildman–Crippen LogP) is 4.70. The van der Waals surface area contributed by atoms with Gasteiger partial charge in [0.15, 0.2) is 0 Å². The number of likely N-dealkylation sites (N-methyl/N-ethyl adjacent to an activating group) is 1. The summed E-state index contributed by atoms with van der Waals surface area (Å²) >= 11 is 0. The first-order valence-electron chi connectivity index (χ1n) is 10.5. The zero-order valence-corrected chi connectivity index (χ0v) is 18.4. The molecule has 0 bridgehead atoms. The summed E-state index contributed by atoms with van der Waals surface area (Å²) < 4.78 is 0. The second kappa shape index (κ2) is 8.67. The average molecular weight is 427 g/mol. The molecule has 1 saturated heterocycles. The lowest BCUT2D eigenvalue weighted by molar-refractivity contribution is -0.132. The van der Waals surface area contributed by atoms with E-state index in [4.69, 9.17) is 0 Å². The number of amides is 2. The van der Waals surface area contributed by atoms with Gasteiger partial charge in [0.2, 0.25) is 5.91 Å². The van der Waals surface area contributed by atoms with Crippen LogP contribution in [0.25, 0.3) is 10.9 Å². The number of aromatic amines is 1. The van der Waals surface area contributed by atoms with E-state index in [9.17, 15) is 9.59 Å². The lowest BCUT2D eigenvalue weighted by atomic mass is 9.77. The Labute approximate surface area is 187 Å². The first kappa shape index (κ1) is 21.3. The number of allylic oxidation sites excluding steroid dienone is 3. The molecule has 2 N–H and O–H groups in total.